The first-order valence-electron chi connectivity index (χ1n) is 15.2. The minimum absolute atomic E-state index is 0.0423. The number of ether oxygens (including phenoxy) is 1. The molecular weight excluding hydrogens is 572 g/mol. The number of allylic oxidation sites excluding steroid dienone is 1. The van der Waals surface area contributed by atoms with Crippen LogP contribution in [0.3, 0.4) is 0 Å². The normalized spacial score (nSPS) is 27.6. The molecule has 0 radical (unpaired) electrons. The molecule has 0 amide bonds. The van der Waals surface area contributed by atoms with Crippen molar-refractivity contribution in [2.24, 2.45) is 22.7 Å². The SMILES string of the molecule is COc1cccc(C#Cc2cc(C(C)C)c3c(c2O)C(O)=C2C(=O)[C@@]4(O)C(O)=C(C(C)=O)C(=O)C(C(C)C)[C@@]4(C)C[C@@]2(C)C3)c1. The number of aromatic hydroxyl groups is 1. The van der Waals surface area contributed by atoms with Crippen LogP contribution in [0.1, 0.15) is 88.6 Å². The van der Waals surface area contributed by atoms with E-state index in [1.165, 1.54) is 0 Å². The Hall–Kier alpha value is -4.35. The lowest BCUT2D eigenvalue weighted by Gasteiger charge is -2.59. The largest absolute Gasteiger partial charge is 0.508 e. The molecule has 0 heterocycles. The molecule has 236 valence electrons. The minimum Gasteiger partial charge on any atom is -0.508 e. The van der Waals surface area contributed by atoms with Crippen LogP contribution in [0.25, 0.3) is 5.76 Å². The Morgan fingerprint density at radius 2 is 1.71 bits per heavy atom. The zero-order chi connectivity index (χ0) is 33.4. The van der Waals surface area contributed by atoms with Gasteiger partial charge in [-0.1, -0.05) is 59.4 Å². The average Bonchev–Trinajstić information content (AvgIpc) is 2.94. The Morgan fingerprint density at radius 3 is 2.29 bits per heavy atom. The van der Waals surface area contributed by atoms with E-state index in [1.807, 2.05) is 13.8 Å². The molecule has 1 fully saturated rings. The fourth-order valence-electron chi connectivity index (χ4n) is 8.26. The van der Waals surface area contributed by atoms with Crippen molar-refractivity contribution in [3.63, 3.8) is 0 Å². The zero-order valence-electron chi connectivity index (χ0n) is 27.0. The number of carbonyl (C=O) groups excluding carboxylic acids is 3. The smallest absolute Gasteiger partial charge is 0.203 e. The summed E-state index contributed by atoms with van der Waals surface area (Å²) in [6.07, 6.45) is 0.257. The number of benzene rings is 2. The molecule has 3 aliphatic rings. The van der Waals surface area contributed by atoms with E-state index >= 15 is 0 Å². The van der Waals surface area contributed by atoms with Crippen LogP contribution in [0.15, 0.2) is 47.2 Å². The van der Waals surface area contributed by atoms with Crippen LogP contribution < -0.4 is 4.74 Å². The summed E-state index contributed by atoms with van der Waals surface area (Å²) < 4.78 is 5.28. The maximum Gasteiger partial charge on any atom is 0.203 e. The number of phenols is 1. The second-order valence-electron chi connectivity index (χ2n) is 13.8. The number of methoxy groups -OCH3 is 1. The fraction of sp³-hybridized carbons (Fsp3) is 0.432. The quantitative estimate of drug-likeness (QED) is 0.254. The van der Waals surface area contributed by atoms with Gasteiger partial charge in [0.1, 0.15) is 28.6 Å². The van der Waals surface area contributed by atoms with E-state index in [9.17, 15) is 34.8 Å². The van der Waals surface area contributed by atoms with Crippen molar-refractivity contribution in [2.45, 2.75) is 72.8 Å². The van der Waals surface area contributed by atoms with Crippen LogP contribution in [0, 0.1) is 34.5 Å². The topological polar surface area (TPSA) is 141 Å². The van der Waals surface area contributed by atoms with Crippen LogP contribution in [-0.2, 0) is 20.8 Å². The van der Waals surface area contributed by atoms with Gasteiger partial charge in [-0.05, 0) is 67.0 Å². The predicted molar refractivity (Wildman–Crippen MR) is 169 cm³/mol. The first-order valence-corrected chi connectivity index (χ1v) is 15.2. The van der Waals surface area contributed by atoms with Gasteiger partial charge in [-0.15, -0.1) is 0 Å². The lowest BCUT2D eigenvalue weighted by Crippen LogP contribution is -2.69. The molecule has 8 nitrogen and oxygen atoms in total. The summed E-state index contributed by atoms with van der Waals surface area (Å²) >= 11 is 0. The molecule has 2 aromatic carbocycles. The van der Waals surface area contributed by atoms with Crippen molar-refractivity contribution in [2.75, 3.05) is 7.11 Å². The maximum absolute atomic E-state index is 14.6. The molecule has 0 spiro atoms. The number of fused-ring (bicyclic) bond motifs is 3. The van der Waals surface area contributed by atoms with Crippen molar-refractivity contribution in [3.8, 4) is 23.3 Å². The molecule has 3 aliphatic carbocycles. The highest BCUT2D eigenvalue weighted by Crippen LogP contribution is 2.65. The summed E-state index contributed by atoms with van der Waals surface area (Å²) in [5.74, 6) is 1.09. The average molecular weight is 613 g/mol. The molecule has 1 unspecified atom stereocenters. The van der Waals surface area contributed by atoms with Crippen LogP contribution in [0.2, 0.25) is 0 Å². The number of aliphatic hydroxyl groups excluding tert-OH is 2. The van der Waals surface area contributed by atoms with E-state index in [4.69, 9.17) is 4.74 Å². The Bertz CT molecular complexity index is 1800. The molecular formula is C37H40O8. The first kappa shape index (κ1) is 32.1. The van der Waals surface area contributed by atoms with Crippen molar-refractivity contribution in [3.05, 3.63) is 75.1 Å². The third-order valence-electron chi connectivity index (χ3n) is 10.1. The molecule has 0 bridgehead atoms. The molecule has 4 atom stereocenters. The van der Waals surface area contributed by atoms with Gasteiger partial charge in [-0.2, -0.15) is 0 Å². The number of hydrogen-bond donors (Lipinski definition) is 4. The highest BCUT2D eigenvalue weighted by atomic mass is 16.5. The highest BCUT2D eigenvalue weighted by molar-refractivity contribution is 6.24. The van der Waals surface area contributed by atoms with E-state index in [2.05, 4.69) is 11.8 Å². The van der Waals surface area contributed by atoms with Gasteiger partial charge in [0.15, 0.2) is 17.2 Å². The summed E-state index contributed by atoms with van der Waals surface area (Å²) in [5.41, 5.74) is -3.59. The monoisotopic (exact) mass is 612 g/mol. The van der Waals surface area contributed by atoms with Crippen LogP contribution >= 0.6 is 0 Å². The minimum atomic E-state index is -2.66. The summed E-state index contributed by atoms with van der Waals surface area (Å²) in [4.78, 5) is 40.9. The van der Waals surface area contributed by atoms with E-state index in [1.54, 1.807) is 65.1 Å². The van der Waals surface area contributed by atoms with Crippen LogP contribution in [0.5, 0.6) is 11.5 Å². The third kappa shape index (κ3) is 4.43. The van der Waals surface area contributed by atoms with E-state index < -0.39 is 56.8 Å². The van der Waals surface area contributed by atoms with Gasteiger partial charge in [0.2, 0.25) is 5.78 Å². The van der Waals surface area contributed by atoms with E-state index in [-0.39, 0.29) is 47.1 Å². The third-order valence-corrected chi connectivity index (χ3v) is 10.1. The first-order chi connectivity index (χ1) is 20.9. The van der Waals surface area contributed by atoms with Gasteiger partial charge < -0.3 is 25.2 Å². The molecule has 45 heavy (non-hydrogen) atoms. The number of carbonyl (C=O) groups is 3. The predicted octanol–water partition coefficient (Wildman–Crippen LogP) is 5.72. The van der Waals surface area contributed by atoms with E-state index in [0.717, 1.165) is 12.5 Å². The zero-order valence-corrected chi connectivity index (χ0v) is 27.0. The number of rotatable bonds is 4. The Kier molecular flexibility index (Phi) is 7.57. The van der Waals surface area contributed by atoms with Crippen LogP contribution in [-0.4, -0.2) is 50.5 Å². The van der Waals surface area contributed by atoms with Gasteiger partial charge >= 0.3 is 0 Å². The lowest BCUT2D eigenvalue weighted by molar-refractivity contribution is -0.178. The second-order valence-corrected chi connectivity index (χ2v) is 13.8. The summed E-state index contributed by atoms with van der Waals surface area (Å²) in [7, 11) is 1.55. The summed E-state index contributed by atoms with van der Waals surface area (Å²) in [5, 5.41) is 47.1. The Labute approximate surface area is 263 Å². The van der Waals surface area contributed by atoms with Crippen LogP contribution in [0.4, 0.5) is 0 Å². The van der Waals surface area contributed by atoms with Gasteiger partial charge in [0, 0.05) is 27.9 Å². The second kappa shape index (κ2) is 10.6. The molecule has 8 heteroatoms. The van der Waals surface area contributed by atoms with Crippen molar-refractivity contribution >= 4 is 23.1 Å². The van der Waals surface area contributed by atoms with Crippen molar-refractivity contribution in [1.82, 2.24) is 0 Å². The summed E-state index contributed by atoms with van der Waals surface area (Å²) in [6, 6.07) is 8.93. The lowest BCUT2D eigenvalue weighted by atomic mass is 9.43. The molecule has 4 N–H and O–H groups in total. The summed E-state index contributed by atoms with van der Waals surface area (Å²) in [6.45, 7) is 12.0. The van der Waals surface area contributed by atoms with Gasteiger partial charge in [-0.3, -0.25) is 14.4 Å². The standard InChI is InChI=1S/C37H40O8/c1-18(2)24-15-22(13-12-21-10-9-11-23(14-21)45-8)30(39)27-25(24)16-35(6)17-36(7)28(19(3)4)31(40)26(20(5)38)33(42)37(36,44)34(43)29(35)32(27)41/h9-11,14-15,18-19,28,39,41-42,44H,16-17H2,1-8H3/t28?,35-,36-,37+/m1/s1. The number of phenolic OH excluding ortho intramolecular Hbond substituents is 1. The highest BCUT2D eigenvalue weighted by Gasteiger charge is 2.72. The molecule has 5 rings (SSSR count). The number of Topliss-reactive ketones (excluding diaryl/α,β-unsaturated/α-hetero) is 3. The Balaban J connectivity index is 1.79. The number of ketones is 3. The molecule has 2 aromatic rings. The van der Waals surface area contributed by atoms with Crippen molar-refractivity contribution < 1.29 is 39.5 Å². The van der Waals surface area contributed by atoms with Gasteiger partial charge in [0.05, 0.1) is 18.2 Å². The molecule has 0 aromatic heterocycles. The molecule has 0 saturated heterocycles. The fourth-order valence-corrected chi connectivity index (χ4v) is 8.26. The Morgan fingerprint density at radius 1 is 1.04 bits per heavy atom. The maximum atomic E-state index is 14.6. The molecule has 0 aliphatic heterocycles. The van der Waals surface area contributed by atoms with Gasteiger partial charge in [-0.25, -0.2) is 0 Å². The van der Waals surface area contributed by atoms with Gasteiger partial charge in [0.25, 0.3) is 0 Å². The van der Waals surface area contributed by atoms with E-state index in [0.29, 0.717) is 16.9 Å². The van der Waals surface area contributed by atoms with Crippen molar-refractivity contribution in [1.29, 1.82) is 0 Å². The molecule has 1 saturated carbocycles. The number of aliphatic hydroxyl groups is 3. The number of hydrogen-bond acceptors (Lipinski definition) is 8.